The van der Waals surface area contributed by atoms with Crippen LogP contribution in [0.15, 0.2) is 28.3 Å². The van der Waals surface area contributed by atoms with Crippen LogP contribution in [0.4, 0.5) is 0 Å². The van der Waals surface area contributed by atoms with Crippen molar-refractivity contribution in [3.63, 3.8) is 0 Å². The van der Waals surface area contributed by atoms with Gasteiger partial charge in [0.25, 0.3) is 0 Å². The van der Waals surface area contributed by atoms with E-state index in [0.717, 1.165) is 11.3 Å². The number of ether oxygens (including phenoxy) is 1. The largest absolute Gasteiger partial charge is 0.504 e. The number of allylic oxidation sites excluding steroid dienone is 2. The maximum absolute atomic E-state index is 9.34. The SMILES string of the molecule is COC1=C(C)C(=NN)CC=C1O. The van der Waals surface area contributed by atoms with Crippen LogP contribution in [0.2, 0.25) is 0 Å². The molecule has 66 valence electrons. The molecule has 0 aromatic heterocycles. The number of aliphatic hydroxyl groups excluding tert-OH is 1. The third kappa shape index (κ3) is 1.28. The first-order chi connectivity index (χ1) is 5.70. The van der Waals surface area contributed by atoms with Crippen molar-refractivity contribution in [2.75, 3.05) is 7.11 Å². The van der Waals surface area contributed by atoms with Gasteiger partial charge in [-0.1, -0.05) is 0 Å². The standard InChI is InChI=1S/C8H12N2O2/c1-5-6(10-9)3-4-7(11)8(5)12-2/h4,11H,3,9H2,1-2H3. The average Bonchev–Trinajstić information content (AvgIpc) is 2.06. The second kappa shape index (κ2) is 3.30. The molecule has 0 aromatic carbocycles. The summed E-state index contributed by atoms with van der Waals surface area (Å²) in [5, 5.41) is 12.9. The molecular weight excluding hydrogens is 156 g/mol. The fraction of sp³-hybridized carbons (Fsp3) is 0.375. The van der Waals surface area contributed by atoms with Crippen molar-refractivity contribution in [3.8, 4) is 0 Å². The molecule has 0 amide bonds. The Labute approximate surface area is 71.0 Å². The number of nitrogens with zero attached hydrogens (tertiary/aromatic N) is 1. The summed E-state index contributed by atoms with van der Waals surface area (Å²) in [4.78, 5) is 0. The highest BCUT2D eigenvalue weighted by Crippen LogP contribution is 2.21. The van der Waals surface area contributed by atoms with Crippen LogP contribution >= 0.6 is 0 Å². The Bertz CT molecular complexity index is 277. The van der Waals surface area contributed by atoms with Crippen LogP contribution in [0.25, 0.3) is 0 Å². The first-order valence-electron chi connectivity index (χ1n) is 3.62. The first kappa shape index (κ1) is 8.64. The Morgan fingerprint density at radius 1 is 1.67 bits per heavy atom. The fourth-order valence-electron chi connectivity index (χ4n) is 1.17. The Morgan fingerprint density at radius 2 is 2.33 bits per heavy atom. The molecule has 0 saturated heterocycles. The zero-order chi connectivity index (χ0) is 9.14. The molecule has 4 heteroatoms. The average molecular weight is 168 g/mol. The zero-order valence-corrected chi connectivity index (χ0v) is 7.16. The first-order valence-corrected chi connectivity index (χ1v) is 3.62. The van der Waals surface area contributed by atoms with E-state index < -0.39 is 0 Å². The predicted molar refractivity (Wildman–Crippen MR) is 46.7 cm³/mol. The van der Waals surface area contributed by atoms with E-state index in [1.165, 1.54) is 7.11 Å². The van der Waals surface area contributed by atoms with Crippen molar-refractivity contribution in [2.24, 2.45) is 10.9 Å². The van der Waals surface area contributed by atoms with Gasteiger partial charge in [0.2, 0.25) is 0 Å². The van der Waals surface area contributed by atoms with Gasteiger partial charge in [-0.3, -0.25) is 0 Å². The predicted octanol–water partition coefficient (Wildman–Crippen LogP) is 1.07. The van der Waals surface area contributed by atoms with E-state index in [4.69, 9.17) is 10.6 Å². The molecule has 1 aliphatic rings. The van der Waals surface area contributed by atoms with Gasteiger partial charge in [0.1, 0.15) is 0 Å². The van der Waals surface area contributed by atoms with Crippen LogP contribution in [-0.2, 0) is 4.74 Å². The number of nitrogens with two attached hydrogens (primary N) is 1. The molecule has 0 aromatic rings. The van der Waals surface area contributed by atoms with Gasteiger partial charge in [0.05, 0.1) is 12.8 Å². The molecule has 0 unspecified atom stereocenters. The quantitative estimate of drug-likeness (QED) is 0.454. The molecular formula is C8H12N2O2. The van der Waals surface area contributed by atoms with Crippen LogP contribution in [0, 0.1) is 0 Å². The van der Waals surface area contributed by atoms with Crippen molar-refractivity contribution in [2.45, 2.75) is 13.3 Å². The molecule has 12 heavy (non-hydrogen) atoms. The molecule has 0 aliphatic heterocycles. The second-order valence-corrected chi connectivity index (χ2v) is 2.53. The van der Waals surface area contributed by atoms with Gasteiger partial charge in [-0.2, -0.15) is 5.10 Å². The molecule has 0 bridgehead atoms. The number of methoxy groups -OCH3 is 1. The molecule has 0 spiro atoms. The van der Waals surface area contributed by atoms with Gasteiger partial charge < -0.3 is 15.7 Å². The van der Waals surface area contributed by atoms with Gasteiger partial charge in [-0.15, -0.1) is 0 Å². The molecule has 0 saturated carbocycles. The van der Waals surface area contributed by atoms with E-state index in [2.05, 4.69) is 5.10 Å². The minimum atomic E-state index is 0.155. The van der Waals surface area contributed by atoms with Crippen LogP contribution in [0.1, 0.15) is 13.3 Å². The van der Waals surface area contributed by atoms with Crippen molar-refractivity contribution in [3.05, 3.63) is 23.2 Å². The van der Waals surface area contributed by atoms with E-state index in [1.54, 1.807) is 6.08 Å². The van der Waals surface area contributed by atoms with Crippen molar-refractivity contribution < 1.29 is 9.84 Å². The molecule has 0 heterocycles. The monoisotopic (exact) mass is 168 g/mol. The molecule has 0 atom stereocenters. The Morgan fingerprint density at radius 3 is 2.83 bits per heavy atom. The normalized spacial score (nSPS) is 21.2. The summed E-state index contributed by atoms with van der Waals surface area (Å²) in [6.45, 7) is 1.81. The number of hydrazone groups is 1. The van der Waals surface area contributed by atoms with Gasteiger partial charge in [0, 0.05) is 12.0 Å². The minimum Gasteiger partial charge on any atom is -0.504 e. The smallest absolute Gasteiger partial charge is 0.164 e. The van der Waals surface area contributed by atoms with E-state index in [-0.39, 0.29) is 5.76 Å². The lowest BCUT2D eigenvalue weighted by Crippen LogP contribution is -2.12. The number of rotatable bonds is 1. The summed E-state index contributed by atoms with van der Waals surface area (Å²) in [6, 6.07) is 0. The van der Waals surface area contributed by atoms with Crippen LogP contribution in [-0.4, -0.2) is 17.9 Å². The van der Waals surface area contributed by atoms with Gasteiger partial charge in [-0.05, 0) is 13.0 Å². The van der Waals surface area contributed by atoms with E-state index in [9.17, 15) is 5.11 Å². The van der Waals surface area contributed by atoms with E-state index >= 15 is 0 Å². The van der Waals surface area contributed by atoms with Crippen molar-refractivity contribution in [1.82, 2.24) is 0 Å². The van der Waals surface area contributed by atoms with Gasteiger partial charge >= 0.3 is 0 Å². The highest BCUT2D eigenvalue weighted by molar-refractivity contribution is 6.02. The summed E-state index contributed by atoms with van der Waals surface area (Å²) < 4.78 is 4.97. The Hall–Kier alpha value is -1.45. The summed E-state index contributed by atoms with van der Waals surface area (Å²) in [5.41, 5.74) is 1.53. The summed E-state index contributed by atoms with van der Waals surface area (Å²) >= 11 is 0. The number of hydrogen-bond donors (Lipinski definition) is 2. The number of aliphatic hydroxyl groups is 1. The summed E-state index contributed by atoms with van der Waals surface area (Å²) in [6.07, 6.45) is 2.18. The lowest BCUT2D eigenvalue weighted by Gasteiger charge is -2.15. The van der Waals surface area contributed by atoms with Crippen molar-refractivity contribution >= 4 is 5.71 Å². The summed E-state index contributed by atoms with van der Waals surface area (Å²) in [7, 11) is 1.50. The molecule has 4 nitrogen and oxygen atoms in total. The lowest BCUT2D eigenvalue weighted by molar-refractivity contribution is 0.252. The third-order valence-corrected chi connectivity index (χ3v) is 1.85. The lowest BCUT2D eigenvalue weighted by atomic mass is 10.0. The fourth-order valence-corrected chi connectivity index (χ4v) is 1.17. The maximum Gasteiger partial charge on any atom is 0.164 e. The van der Waals surface area contributed by atoms with Gasteiger partial charge in [0.15, 0.2) is 11.5 Å². The Balaban J connectivity index is 3.08. The third-order valence-electron chi connectivity index (χ3n) is 1.85. The highest BCUT2D eigenvalue weighted by Gasteiger charge is 2.17. The molecule has 3 N–H and O–H groups in total. The van der Waals surface area contributed by atoms with E-state index in [1.807, 2.05) is 6.92 Å². The molecule has 0 fully saturated rings. The van der Waals surface area contributed by atoms with Crippen molar-refractivity contribution in [1.29, 1.82) is 0 Å². The summed E-state index contributed by atoms with van der Waals surface area (Å²) in [5.74, 6) is 5.75. The molecule has 1 aliphatic carbocycles. The topological polar surface area (TPSA) is 67.8 Å². The minimum absolute atomic E-state index is 0.155. The molecule has 1 rings (SSSR count). The Kier molecular flexibility index (Phi) is 2.38. The van der Waals surface area contributed by atoms with E-state index in [0.29, 0.717) is 12.2 Å². The van der Waals surface area contributed by atoms with Gasteiger partial charge in [-0.25, -0.2) is 0 Å². The number of hydrogen-bond acceptors (Lipinski definition) is 4. The molecule has 0 radical (unpaired) electrons. The highest BCUT2D eigenvalue weighted by atomic mass is 16.5. The van der Waals surface area contributed by atoms with Crippen LogP contribution in [0.3, 0.4) is 0 Å². The van der Waals surface area contributed by atoms with Crippen LogP contribution in [0.5, 0.6) is 0 Å². The van der Waals surface area contributed by atoms with Crippen LogP contribution < -0.4 is 5.84 Å². The maximum atomic E-state index is 9.34. The zero-order valence-electron chi connectivity index (χ0n) is 7.16. The second-order valence-electron chi connectivity index (χ2n) is 2.53.